The third-order valence-electron chi connectivity index (χ3n) is 3.70. The van der Waals surface area contributed by atoms with Crippen LogP contribution in [0.25, 0.3) is 10.2 Å². The quantitative estimate of drug-likeness (QED) is 0.787. The van der Waals surface area contributed by atoms with E-state index in [1.165, 1.54) is 7.11 Å². The number of methoxy groups -OCH3 is 2. The number of carbonyl (C=O) groups is 1. The minimum absolute atomic E-state index is 0.0401. The molecule has 1 aliphatic carbocycles. The molecule has 0 aliphatic heterocycles. The van der Waals surface area contributed by atoms with Crippen molar-refractivity contribution in [3.8, 4) is 5.75 Å². The van der Waals surface area contributed by atoms with Crippen LogP contribution in [-0.2, 0) is 9.53 Å². The molecule has 1 aromatic heterocycles. The summed E-state index contributed by atoms with van der Waals surface area (Å²) >= 11 is 5.17. The van der Waals surface area contributed by atoms with Crippen LogP contribution in [0.5, 0.6) is 5.75 Å². The largest absolute Gasteiger partial charge is 0.495 e. The van der Waals surface area contributed by atoms with Gasteiger partial charge in [-0.05, 0) is 34.8 Å². The van der Waals surface area contributed by atoms with Crippen molar-refractivity contribution in [1.29, 1.82) is 0 Å². The highest BCUT2D eigenvalue weighted by Crippen LogP contribution is 2.45. The second-order valence-electron chi connectivity index (χ2n) is 4.89. The number of esters is 1. The monoisotopic (exact) mass is 355 g/mol. The molecule has 0 unspecified atom stereocenters. The third kappa shape index (κ3) is 2.31. The summed E-state index contributed by atoms with van der Waals surface area (Å²) in [6, 6.07) is 3.97. The lowest BCUT2D eigenvalue weighted by Gasteiger charge is -2.31. The van der Waals surface area contributed by atoms with Gasteiger partial charge >= 0.3 is 5.97 Å². The lowest BCUT2D eigenvalue weighted by Crippen LogP contribution is -2.29. The van der Waals surface area contributed by atoms with Gasteiger partial charge in [-0.1, -0.05) is 0 Å². The Morgan fingerprint density at radius 3 is 2.80 bits per heavy atom. The summed E-state index contributed by atoms with van der Waals surface area (Å²) in [6.07, 6.45) is 1.68. The number of aromatic nitrogens is 1. The van der Waals surface area contributed by atoms with Crippen molar-refractivity contribution in [3.63, 3.8) is 0 Å². The van der Waals surface area contributed by atoms with Gasteiger partial charge in [0.2, 0.25) is 0 Å². The average Bonchev–Trinajstić information content (AvgIpc) is 2.77. The van der Waals surface area contributed by atoms with Crippen molar-refractivity contribution in [3.05, 3.63) is 21.6 Å². The van der Waals surface area contributed by atoms with E-state index in [-0.39, 0.29) is 11.9 Å². The fourth-order valence-corrected chi connectivity index (χ4v) is 4.23. The molecule has 3 rings (SSSR count). The Balaban J connectivity index is 1.82. The first kappa shape index (κ1) is 13.8. The predicted octanol–water partition coefficient (Wildman–Crippen LogP) is 3.73. The van der Waals surface area contributed by atoms with Crippen LogP contribution < -0.4 is 4.74 Å². The summed E-state index contributed by atoms with van der Waals surface area (Å²) in [5.74, 6) is 1.10. The highest BCUT2D eigenvalue weighted by atomic mass is 79.9. The summed E-state index contributed by atoms with van der Waals surface area (Å²) in [7, 11) is 3.09. The number of benzene rings is 1. The molecule has 1 aliphatic rings. The van der Waals surface area contributed by atoms with Crippen LogP contribution in [0.2, 0.25) is 0 Å². The zero-order valence-electron chi connectivity index (χ0n) is 11.2. The number of thiazole rings is 1. The third-order valence-corrected chi connectivity index (χ3v) is 5.50. The van der Waals surface area contributed by atoms with E-state index < -0.39 is 0 Å². The molecule has 2 aromatic rings. The van der Waals surface area contributed by atoms with Crippen molar-refractivity contribution >= 4 is 43.5 Å². The van der Waals surface area contributed by atoms with E-state index in [9.17, 15) is 4.79 Å². The van der Waals surface area contributed by atoms with Gasteiger partial charge in [-0.2, -0.15) is 0 Å². The topological polar surface area (TPSA) is 48.4 Å². The Kier molecular flexibility index (Phi) is 3.69. The molecular formula is C14H14BrNO3S. The van der Waals surface area contributed by atoms with Gasteiger partial charge in [0, 0.05) is 12.0 Å². The number of nitrogens with zero attached hydrogens (tertiary/aromatic N) is 1. The van der Waals surface area contributed by atoms with E-state index >= 15 is 0 Å². The maximum absolute atomic E-state index is 11.4. The van der Waals surface area contributed by atoms with Crippen molar-refractivity contribution in [2.45, 2.75) is 18.8 Å². The second kappa shape index (κ2) is 5.33. The number of ether oxygens (including phenoxy) is 2. The highest BCUT2D eigenvalue weighted by Gasteiger charge is 2.37. The molecule has 6 heteroatoms. The molecule has 0 atom stereocenters. The normalized spacial score (nSPS) is 21.6. The first-order chi connectivity index (χ1) is 9.62. The number of hydrogen-bond donors (Lipinski definition) is 0. The Bertz CT molecular complexity index is 664. The molecule has 0 saturated heterocycles. The van der Waals surface area contributed by atoms with Crippen LogP contribution in [0.1, 0.15) is 23.8 Å². The van der Waals surface area contributed by atoms with Crippen LogP contribution in [0.3, 0.4) is 0 Å². The van der Waals surface area contributed by atoms with Crippen LogP contribution in [0, 0.1) is 5.92 Å². The van der Waals surface area contributed by atoms with Gasteiger partial charge in [0.15, 0.2) is 0 Å². The molecule has 1 aromatic carbocycles. The highest BCUT2D eigenvalue weighted by molar-refractivity contribution is 9.10. The van der Waals surface area contributed by atoms with E-state index in [1.807, 2.05) is 12.1 Å². The van der Waals surface area contributed by atoms with Crippen molar-refractivity contribution in [2.75, 3.05) is 14.2 Å². The summed E-state index contributed by atoms with van der Waals surface area (Å²) in [4.78, 5) is 16.1. The van der Waals surface area contributed by atoms with Gasteiger partial charge in [-0.15, -0.1) is 11.3 Å². The first-order valence-electron chi connectivity index (χ1n) is 6.34. The number of carbonyl (C=O) groups excluding carboxylic acids is 1. The van der Waals surface area contributed by atoms with E-state index in [2.05, 4.69) is 20.9 Å². The molecule has 0 spiro atoms. The number of rotatable bonds is 3. The average molecular weight is 356 g/mol. The minimum atomic E-state index is -0.105. The minimum Gasteiger partial charge on any atom is -0.495 e. The standard InChI is InChI=1S/C14H14BrNO3S/c1-18-11-6-10-12(5-9(11)15)20-13(16-10)7-3-8(4-7)14(17)19-2/h5-8H,3-4H2,1-2H3/t7-,8-. The van der Waals surface area contributed by atoms with Gasteiger partial charge in [-0.3, -0.25) is 4.79 Å². The molecule has 0 N–H and O–H groups in total. The molecule has 1 saturated carbocycles. The molecule has 0 bridgehead atoms. The smallest absolute Gasteiger partial charge is 0.308 e. The van der Waals surface area contributed by atoms with Crippen LogP contribution in [-0.4, -0.2) is 25.2 Å². The zero-order valence-corrected chi connectivity index (χ0v) is 13.6. The lowest BCUT2D eigenvalue weighted by atomic mass is 9.75. The zero-order chi connectivity index (χ0) is 14.3. The Hall–Kier alpha value is -1.14. The van der Waals surface area contributed by atoms with Crippen molar-refractivity contribution in [2.24, 2.45) is 5.92 Å². The van der Waals surface area contributed by atoms with Crippen LogP contribution in [0.15, 0.2) is 16.6 Å². The predicted molar refractivity (Wildman–Crippen MR) is 81.4 cm³/mol. The molecule has 0 amide bonds. The van der Waals surface area contributed by atoms with Crippen molar-refractivity contribution < 1.29 is 14.3 Å². The van der Waals surface area contributed by atoms with Gasteiger partial charge in [-0.25, -0.2) is 4.98 Å². The van der Waals surface area contributed by atoms with E-state index in [1.54, 1.807) is 18.4 Å². The van der Waals surface area contributed by atoms with E-state index in [0.717, 1.165) is 38.3 Å². The summed E-state index contributed by atoms with van der Waals surface area (Å²) in [6.45, 7) is 0. The summed E-state index contributed by atoms with van der Waals surface area (Å²) in [5.41, 5.74) is 0.951. The molecule has 1 fully saturated rings. The number of fused-ring (bicyclic) bond motifs is 1. The van der Waals surface area contributed by atoms with Crippen LogP contribution >= 0.6 is 27.3 Å². The summed E-state index contributed by atoms with van der Waals surface area (Å²) in [5, 5.41) is 1.10. The number of hydrogen-bond acceptors (Lipinski definition) is 5. The van der Waals surface area contributed by atoms with Crippen LogP contribution in [0.4, 0.5) is 0 Å². The molecule has 20 heavy (non-hydrogen) atoms. The molecule has 106 valence electrons. The fourth-order valence-electron chi connectivity index (χ4n) is 2.46. The van der Waals surface area contributed by atoms with Crippen molar-refractivity contribution in [1.82, 2.24) is 4.98 Å². The van der Waals surface area contributed by atoms with E-state index in [4.69, 9.17) is 9.47 Å². The second-order valence-corrected chi connectivity index (χ2v) is 6.81. The maximum Gasteiger partial charge on any atom is 0.308 e. The lowest BCUT2D eigenvalue weighted by molar-refractivity contribution is -0.148. The maximum atomic E-state index is 11.4. The molecule has 0 radical (unpaired) electrons. The first-order valence-corrected chi connectivity index (χ1v) is 7.95. The Morgan fingerprint density at radius 2 is 2.15 bits per heavy atom. The molecule has 4 nitrogen and oxygen atoms in total. The van der Waals surface area contributed by atoms with Gasteiger partial charge < -0.3 is 9.47 Å². The SMILES string of the molecule is COc1cc2nc([C@H]3C[C@H](C(=O)OC)C3)sc2cc1Br. The Morgan fingerprint density at radius 1 is 1.40 bits per heavy atom. The number of halogens is 1. The fraction of sp³-hybridized carbons (Fsp3) is 0.429. The van der Waals surface area contributed by atoms with Gasteiger partial charge in [0.05, 0.1) is 39.8 Å². The van der Waals surface area contributed by atoms with Gasteiger partial charge in [0.25, 0.3) is 0 Å². The summed E-state index contributed by atoms with van der Waals surface area (Å²) < 4.78 is 12.1. The Labute approximate surface area is 129 Å². The molecule has 1 heterocycles. The van der Waals surface area contributed by atoms with E-state index in [0.29, 0.717) is 5.92 Å². The molecular weight excluding hydrogens is 342 g/mol. The van der Waals surface area contributed by atoms with Gasteiger partial charge in [0.1, 0.15) is 5.75 Å².